The van der Waals surface area contributed by atoms with Gasteiger partial charge in [0.1, 0.15) is 17.0 Å². The number of carbonyl (C=O) groups excluding carboxylic acids is 2. The number of nitrogens with zero attached hydrogens (tertiary/aromatic N) is 2. The van der Waals surface area contributed by atoms with Crippen molar-refractivity contribution in [1.82, 2.24) is 20.4 Å². The lowest BCUT2D eigenvalue weighted by Crippen LogP contribution is -2.63. The van der Waals surface area contributed by atoms with Crippen molar-refractivity contribution < 1.29 is 14.3 Å². The molecule has 2 aliphatic rings. The lowest BCUT2D eigenvalue weighted by Gasteiger charge is -2.41. The number of rotatable bonds is 3. The number of hydrogen-bond donors (Lipinski definition) is 2. The molecule has 5 rings (SSSR count). The van der Waals surface area contributed by atoms with Crippen LogP contribution in [0.4, 0.5) is 0 Å². The van der Waals surface area contributed by atoms with E-state index in [1.54, 1.807) is 25.9 Å². The van der Waals surface area contributed by atoms with Gasteiger partial charge in [0.15, 0.2) is 0 Å². The first-order valence-corrected chi connectivity index (χ1v) is 12.7. The largest absolute Gasteiger partial charge is 0.496 e. The van der Waals surface area contributed by atoms with Crippen LogP contribution < -0.4 is 10.1 Å². The van der Waals surface area contributed by atoms with Crippen LogP contribution in [0.3, 0.4) is 0 Å². The molecule has 2 heterocycles. The molecule has 1 aliphatic carbocycles. The number of nitrogens with one attached hydrogen (secondary N) is 2. The number of fused-ring (bicyclic) bond motifs is 3. The van der Waals surface area contributed by atoms with Crippen LogP contribution in [0.1, 0.15) is 35.5 Å². The second-order valence-corrected chi connectivity index (χ2v) is 10.8. The summed E-state index contributed by atoms with van der Waals surface area (Å²) < 4.78 is 6.33. The Kier molecular flexibility index (Phi) is 6.10. The number of hydrogen-bond acceptors (Lipinski definition) is 4. The maximum absolute atomic E-state index is 13.5. The summed E-state index contributed by atoms with van der Waals surface area (Å²) >= 11 is 16.1. The fourth-order valence-corrected chi connectivity index (χ4v) is 5.53. The highest BCUT2D eigenvalue weighted by Crippen LogP contribution is 2.43. The van der Waals surface area contributed by atoms with Crippen LogP contribution in [0, 0.1) is 0 Å². The van der Waals surface area contributed by atoms with Crippen molar-refractivity contribution in [2.75, 3.05) is 20.2 Å². The number of aromatic nitrogens is 2. The van der Waals surface area contributed by atoms with E-state index in [1.165, 1.54) is 0 Å². The Morgan fingerprint density at radius 2 is 1.86 bits per heavy atom. The summed E-state index contributed by atoms with van der Waals surface area (Å²) in [6.07, 6.45) is 1.38. The van der Waals surface area contributed by atoms with Crippen molar-refractivity contribution in [1.29, 1.82) is 0 Å². The summed E-state index contributed by atoms with van der Waals surface area (Å²) in [7, 11) is 1.63. The van der Waals surface area contributed by atoms with Gasteiger partial charge in [-0.05, 0) is 78.0 Å². The van der Waals surface area contributed by atoms with E-state index in [4.69, 9.17) is 27.9 Å². The molecule has 7 nitrogen and oxygen atoms in total. The summed E-state index contributed by atoms with van der Waals surface area (Å²) in [6, 6.07) is 7.67. The predicted octanol–water partition coefficient (Wildman–Crippen LogP) is 5.27. The van der Waals surface area contributed by atoms with E-state index >= 15 is 0 Å². The summed E-state index contributed by atoms with van der Waals surface area (Å²) in [5, 5.41) is 11.3. The number of aromatic amines is 1. The molecule has 1 aromatic heterocycles. The quantitative estimate of drug-likeness (QED) is 0.415. The molecule has 182 valence electrons. The third kappa shape index (κ3) is 3.92. The first-order valence-electron chi connectivity index (χ1n) is 11.2. The summed E-state index contributed by atoms with van der Waals surface area (Å²) in [5.74, 6) is 0.316. The molecule has 0 spiro atoms. The Morgan fingerprint density at radius 1 is 1.14 bits per heavy atom. The molecular weight excluding hydrogens is 555 g/mol. The maximum atomic E-state index is 13.5. The van der Waals surface area contributed by atoms with Crippen LogP contribution in [0.2, 0.25) is 10.0 Å². The van der Waals surface area contributed by atoms with Crippen molar-refractivity contribution in [2.45, 2.75) is 32.2 Å². The molecule has 35 heavy (non-hydrogen) atoms. The smallest absolute Gasteiger partial charge is 0.273 e. The molecule has 1 saturated heterocycles. The van der Waals surface area contributed by atoms with E-state index < -0.39 is 5.54 Å². The minimum absolute atomic E-state index is 0.167. The predicted molar refractivity (Wildman–Crippen MR) is 139 cm³/mol. The van der Waals surface area contributed by atoms with Gasteiger partial charge in [-0.15, -0.1) is 0 Å². The van der Waals surface area contributed by atoms with Crippen LogP contribution in [-0.4, -0.2) is 52.6 Å². The third-order valence-corrected chi connectivity index (χ3v) is 8.70. The molecule has 0 unspecified atom stereocenters. The number of halogens is 3. The highest BCUT2D eigenvalue weighted by molar-refractivity contribution is 9.10. The van der Waals surface area contributed by atoms with Gasteiger partial charge in [-0.1, -0.05) is 23.2 Å². The van der Waals surface area contributed by atoms with Crippen molar-refractivity contribution in [3.8, 4) is 28.1 Å². The Labute approximate surface area is 221 Å². The summed E-state index contributed by atoms with van der Waals surface area (Å²) in [5.41, 5.74) is 4.70. The normalized spacial score (nSPS) is 16.4. The Hall–Kier alpha value is -2.55. The zero-order valence-electron chi connectivity index (χ0n) is 19.4. The topological polar surface area (TPSA) is 87.3 Å². The van der Waals surface area contributed by atoms with Crippen molar-refractivity contribution >= 4 is 50.9 Å². The van der Waals surface area contributed by atoms with Crippen molar-refractivity contribution in [3.63, 3.8) is 0 Å². The minimum atomic E-state index is -0.944. The monoisotopic (exact) mass is 576 g/mol. The van der Waals surface area contributed by atoms with Gasteiger partial charge in [0.25, 0.3) is 5.91 Å². The van der Waals surface area contributed by atoms with Crippen LogP contribution in [0.25, 0.3) is 22.4 Å². The summed E-state index contributed by atoms with van der Waals surface area (Å²) in [4.78, 5) is 27.5. The SMILES string of the molecule is COc1cc2c(cc1-c1cc(Cl)c(Br)c(Cl)c1)-c1n[nH]c(C(=O)N3CCNC(=O)C3(C)C)c1CC2. The van der Waals surface area contributed by atoms with Gasteiger partial charge in [0.2, 0.25) is 5.91 Å². The number of carbonyl (C=O) groups is 2. The number of methoxy groups -OCH3 is 1. The average Bonchev–Trinajstić information content (AvgIpc) is 3.27. The second-order valence-electron chi connectivity index (χ2n) is 9.16. The van der Waals surface area contributed by atoms with Gasteiger partial charge < -0.3 is 15.0 Å². The van der Waals surface area contributed by atoms with E-state index in [1.807, 2.05) is 24.3 Å². The second kappa shape index (κ2) is 8.84. The van der Waals surface area contributed by atoms with Crippen molar-refractivity contribution in [2.24, 2.45) is 0 Å². The molecule has 2 N–H and O–H groups in total. The zero-order chi connectivity index (χ0) is 25.1. The maximum Gasteiger partial charge on any atom is 0.273 e. The van der Waals surface area contributed by atoms with Crippen LogP contribution >= 0.6 is 39.1 Å². The highest BCUT2D eigenvalue weighted by atomic mass is 79.9. The Bertz CT molecular complexity index is 1360. The fraction of sp³-hybridized carbons (Fsp3) is 0.320. The minimum Gasteiger partial charge on any atom is -0.496 e. The fourth-order valence-electron chi connectivity index (χ4n) is 4.81. The first-order chi connectivity index (χ1) is 16.6. The number of ether oxygens (including phenoxy) is 1. The van der Waals surface area contributed by atoms with Gasteiger partial charge in [0.05, 0.1) is 27.3 Å². The zero-order valence-corrected chi connectivity index (χ0v) is 22.5. The van der Waals surface area contributed by atoms with Gasteiger partial charge in [0, 0.05) is 29.8 Å². The molecule has 0 atom stereocenters. The van der Waals surface area contributed by atoms with Crippen LogP contribution in [0.15, 0.2) is 28.7 Å². The van der Waals surface area contributed by atoms with Gasteiger partial charge in [-0.3, -0.25) is 14.7 Å². The molecule has 0 radical (unpaired) electrons. The number of benzene rings is 2. The van der Waals surface area contributed by atoms with E-state index in [0.717, 1.165) is 39.9 Å². The van der Waals surface area contributed by atoms with E-state index in [0.29, 0.717) is 45.5 Å². The number of amides is 2. The molecule has 0 saturated carbocycles. The molecule has 2 amide bonds. The molecule has 1 fully saturated rings. The molecule has 0 bridgehead atoms. The molecule has 10 heteroatoms. The molecule has 2 aromatic carbocycles. The molecule has 1 aliphatic heterocycles. The number of aryl methyl sites for hydroxylation is 1. The lowest BCUT2D eigenvalue weighted by atomic mass is 9.86. The van der Waals surface area contributed by atoms with Crippen LogP contribution in [0.5, 0.6) is 5.75 Å². The standard InChI is InChI=1S/C25H23BrCl2N4O3/c1-25(2)24(34)29-6-7-32(25)23(33)22-14-5-4-12-10-19(35-3)15(11-16(12)21(14)30-31-22)13-8-17(27)20(26)18(28)9-13/h8-11H,4-7H2,1-3H3,(H,29,34)(H,30,31). The van der Waals surface area contributed by atoms with Gasteiger partial charge >= 0.3 is 0 Å². The third-order valence-electron chi connectivity index (χ3n) is 6.80. The lowest BCUT2D eigenvalue weighted by molar-refractivity contribution is -0.133. The Balaban J connectivity index is 1.59. The molecular formula is C25H23BrCl2N4O3. The first kappa shape index (κ1) is 24.2. The average molecular weight is 578 g/mol. The van der Waals surface area contributed by atoms with Gasteiger partial charge in [-0.2, -0.15) is 5.10 Å². The summed E-state index contributed by atoms with van der Waals surface area (Å²) in [6.45, 7) is 4.37. The van der Waals surface area contributed by atoms with Crippen LogP contribution in [-0.2, 0) is 17.6 Å². The van der Waals surface area contributed by atoms with E-state index in [9.17, 15) is 9.59 Å². The number of piperazine rings is 1. The highest BCUT2D eigenvalue weighted by Gasteiger charge is 2.42. The van der Waals surface area contributed by atoms with Gasteiger partial charge in [-0.25, -0.2) is 0 Å². The Morgan fingerprint density at radius 3 is 2.54 bits per heavy atom. The number of H-pyrrole nitrogens is 1. The van der Waals surface area contributed by atoms with Crippen molar-refractivity contribution in [3.05, 3.63) is 55.6 Å². The molecule has 3 aromatic rings. The van der Waals surface area contributed by atoms with E-state index in [2.05, 4.69) is 31.4 Å². The van der Waals surface area contributed by atoms with E-state index in [-0.39, 0.29) is 11.8 Å².